The van der Waals surface area contributed by atoms with Crippen molar-refractivity contribution in [3.05, 3.63) is 11.9 Å². The van der Waals surface area contributed by atoms with Crippen LogP contribution in [-0.2, 0) is 0 Å². The van der Waals surface area contributed by atoms with Crippen molar-refractivity contribution in [1.29, 1.82) is 0 Å². The molecule has 1 aromatic rings. The Bertz CT molecular complexity index is 384. The van der Waals surface area contributed by atoms with Gasteiger partial charge in [0.25, 0.3) is 5.91 Å². The van der Waals surface area contributed by atoms with Gasteiger partial charge in [-0.05, 0) is 6.42 Å². The van der Waals surface area contributed by atoms with Crippen molar-refractivity contribution in [2.75, 3.05) is 19.7 Å². The van der Waals surface area contributed by atoms with Gasteiger partial charge in [-0.3, -0.25) is 4.79 Å². The van der Waals surface area contributed by atoms with Crippen LogP contribution in [-0.4, -0.2) is 51.7 Å². The average molecular weight is 239 g/mol. The van der Waals surface area contributed by atoms with E-state index in [4.69, 9.17) is 5.11 Å². The Morgan fingerprint density at radius 2 is 2.53 bits per heavy atom. The quantitative estimate of drug-likeness (QED) is 0.608. The molecule has 0 aliphatic carbocycles. The highest BCUT2D eigenvalue weighted by Crippen LogP contribution is 2.09. The molecule has 1 atom stereocenters. The largest absolute Gasteiger partial charge is 0.394 e. The Balaban J connectivity index is 1.96. The molecule has 94 valence electrons. The van der Waals surface area contributed by atoms with E-state index in [1.807, 2.05) is 6.92 Å². The number of aliphatic hydroxyl groups is 1. The highest BCUT2D eigenvalue weighted by molar-refractivity contribution is 5.92. The van der Waals surface area contributed by atoms with Gasteiger partial charge in [0.15, 0.2) is 5.69 Å². The molecule has 1 saturated heterocycles. The number of nitrogens with one attached hydrogen (secondary N) is 2. The van der Waals surface area contributed by atoms with E-state index >= 15 is 0 Å². The normalized spacial score (nSPS) is 17.5. The number of hydrogen-bond acceptors (Lipinski definition) is 5. The molecule has 0 radical (unpaired) electrons. The van der Waals surface area contributed by atoms with E-state index in [1.54, 1.807) is 10.9 Å². The van der Waals surface area contributed by atoms with E-state index < -0.39 is 0 Å². The van der Waals surface area contributed by atoms with E-state index in [0.717, 1.165) is 13.1 Å². The first-order valence-corrected chi connectivity index (χ1v) is 5.78. The van der Waals surface area contributed by atoms with E-state index in [0.29, 0.717) is 18.2 Å². The molecule has 7 heteroatoms. The van der Waals surface area contributed by atoms with Gasteiger partial charge in [0, 0.05) is 13.1 Å². The number of hydrogen-bond donors (Lipinski definition) is 3. The van der Waals surface area contributed by atoms with Crippen LogP contribution in [0.5, 0.6) is 0 Å². The van der Waals surface area contributed by atoms with Crippen LogP contribution < -0.4 is 10.6 Å². The maximum Gasteiger partial charge on any atom is 0.273 e. The number of nitrogens with zero attached hydrogens (tertiary/aromatic N) is 3. The average Bonchev–Trinajstić information content (AvgIpc) is 2.72. The SMILES string of the molecule is CC[C@H](CO)NC(=O)c1cn(C2CNC2)nn1. The lowest BCUT2D eigenvalue weighted by Crippen LogP contribution is -2.43. The number of carbonyl (C=O) groups excluding carboxylic acids is 1. The topological polar surface area (TPSA) is 92.1 Å². The lowest BCUT2D eigenvalue weighted by molar-refractivity contribution is 0.0909. The smallest absolute Gasteiger partial charge is 0.273 e. The van der Waals surface area contributed by atoms with Crippen LogP contribution in [0.25, 0.3) is 0 Å². The van der Waals surface area contributed by atoms with Crippen LogP contribution in [0.2, 0.25) is 0 Å². The summed E-state index contributed by atoms with van der Waals surface area (Å²) in [5.74, 6) is -0.288. The summed E-state index contributed by atoms with van der Waals surface area (Å²) in [6.07, 6.45) is 2.33. The van der Waals surface area contributed by atoms with Gasteiger partial charge < -0.3 is 15.7 Å². The Morgan fingerprint density at radius 3 is 3.06 bits per heavy atom. The molecule has 1 fully saturated rings. The number of aromatic nitrogens is 3. The third-order valence-electron chi connectivity index (χ3n) is 2.93. The first kappa shape index (κ1) is 12.0. The van der Waals surface area contributed by atoms with Crippen molar-refractivity contribution in [1.82, 2.24) is 25.6 Å². The number of carbonyl (C=O) groups is 1. The molecule has 0 spiro atoms. The molecule has 1 aromatic heterocycles. The van der Waals surface area contributed by atoms with E-state index in [9.17, 15) is 4.79 Å². The standard InChI is InChI=1S/C10H17N5O2/c1-2-7(6-16)12-10(17)9-5-15(14-13-9)8-3-11-4-8/h5,7-8,11,16H,2-4,6H2,1H3,(H,12,17)/t7-/m1/s1. The fraction of sp³-hybridized carbons (Fsp3) is 0.700. The Hall–Kier alpha value is -1.47. The number of aliphatic hydroxyl groups excluding tert-OH is 1. The first-order valence-electron chi connectivity index (χ1n) is 5.78. The molecule has 1 amide bonds. The third kappa shape index (κ3) is 2.62. The van der Waals surface area contributed by atoms with E-state index in [1.165, 1.54) is 0 Å². The summed E-state index contributed by atoms with van der Waals surface area (Å²) >= 11 is 0. The molecule has 1 aliphatic heterocycles. The highest BCUT2D eigenvalue weighted by atomic mass is 16.3. The van der Waals surface area contributed by atoms with Crippen LogP contribution in [0.4, 0.5) is 0 Å². The van der Waals surface area contributed by atoms with Crippen molar-refractivity contribution in [2.24, 2.45) is 0 Å². The fourth-order valence-corrected chi connectivity index (χ4v) is 1.56. The summed E-state index contributed by atoms with van der Waals surface area (Å²) in [5, 5.41) is 22.6. The van der Waals surface area contributed by atoms with Gasteiger partial charge in [-0.25, -0.2) is 4.68 Å². The van der Waals surface area contributed by atoms with Crippen molar-refractivity contribution in [2.45, 2.75) is 25.4 Å². The molecule has 0 bridgehead atoms. The maximum absolute atomic E-state index is 11.8. The number of amides is 1. The molecule has 2 heterocycles. The summed E-state index contributed by atoms with van der Waals surface area (Å²) in [7, 11) is 0. The van der Waals surface area contributed by atoms with Crippen LogP contribution >= 0.6 is 0 Å². The molecule has 7 nitrogen and oxygen atoms in total. The predicted octanol–water partition coefficient (Wildman–Crippen LogP) is -1.08. The van der Waals surface area contributed by atoms with Gasteiger partial charge in [-0.2, -0.15) is 0 Å². The second kappa shape index (κ2) is 5.24. The molecule has 0 saturated carbocycles. The molecule has 1 aliphatic rings. The summed E-state index contributed by atoms with van der Waals surface area (Å²) in [6.45, 7) is 3.55. The monoisotopic (exact) mass is 239 g/mol. The fourth-order valence-electron chi connectivity index (χ4n) is 1.56. The van der Waals surface area contributed by atoms with Crippen LogP contribution in [0.3, 0.4) is 0 Å². The van der Waals surface area contributed by atoms with Crippen LogP contribution in [0.1, 0.15) is 29.9 Å². The second-order valence-corrected chi connectivity index (χ2v) is 4.16. The summed E-state index contributed by atoms with van der Waals surface area (Å²) in [4.78, 5) is 11.8. The minimum atomic E-state index is -0.288. The zero-order valence-electron chi connectivity index (χ0n) is 9.76. The van der Waals surface area contributed by atoms with E-state index in [-0.39, 0.29) is 18.6 Å². The zero-order valence-corrected chi connectivity index (χ0v) is 9.76. The molecule has 17 heavy (non-hydrogen) atoms. The van der Waals surface area contributed by atoms with Gasteiger partial charge in [0.2, 0.25) is 0 Å². The van der Waals surface area contributed by atoms with Gasteiger partial charge in [0.1, 0.15) is 0 Å². The maximum atomic E-state index is 11.8. The van der Waals surface area contributed by atoms with Crippen molar-refractivity contribution >= 4 is 5.91 Å². The number of rotatable bonds is 5. The molecule has 0 unspecified atom stereocenters. The van der Waals surface area contributed by atoms with Gasteiger partial charge in [-0.15, -0.1) is 5.10 Å². The minimum Gasteiger partial charge on any atom is -0.394 e. The van der Waals surface area contributed by atoms with Crippen molar-refractivity contribution in [3.8, 4) is 0 Å². The van der Waals surface area contributed by atoms with Gasteiger partial charge >= 0.3 is 0 Å². The van der Waals surface area contributed by atoms with Crippen molar-refractivity contribution < 1.29 is 9.90 Å². The van der Waals surface area contributed by atoms with E-state index in [2.05, 4.69) is 20.9 Å². The lowest BCUT2D eigenvalue weighted by Gasteiger charge is -2.26. The predicted molar refractivity (Wildman–Crippen MR) is 60.6 cm³/mol. The molecule has 3 N–H and O–H groups in total. The minimum absolute atomic E-state index is 0.0665. The second-order valence-electron chi connectivity index (χ2n) is 4.16. The first-order chi connectivity index (χ1) is 8.24. The van der Waals surface area contributed by atoms with Crippen molar-refractivity contribution in [3.63, 3.8) is 0 Å². The lowest BCUT2D eigenvalue weighted by atomic mass is 10.2. The molecular weight excluding hydrogens is 222 g/mol. The molecule has 2 rings (SSSR count). The van der Waals surface area contributed by atoms with Crippen LogP contribution in [0.15, 0.2) is 6.20 Å². The third-order valence-corrected chi connectivity index (χ3v) is 2.93. The zero-order chi connectivity index (χ0) is 12.3. The summed E-state index contributed by atoms with van der Waals surface area (Å²) < 4.78 is 1.70. The van der Waals surface area contributed by atoms with Gasteiger partial charge in [0.05, 0.1) is 24.9 Å². The molecule has 0 aromatic carbocycles. The Kier molecular flexibility index (Phi) is 3.70. The Morgan fingerprint density at radius 1 is 1.76 bits per heavy atom. The summed E-state index contributed by atoms with van der Waals surface area (Å²) in [5.41, 5.74) is 0.295. The highest BCUT2D eigenvalue weighted by Gasteiger charge is 2.22. The van der Waals surface area contributed by atoms with Gasteiger partial charge in [-0.1, -0.05) is 12.1 Å². The van der Waals surface area contributed by atoms with Crippen LogP contribution in [0, 0.1) is 0 Å². The summed E-state index contributed by atoms with van der Waals surface area (Å²) in [6, 6.07) is 0.0712. The molecular formula is C10H17N5O2. The Labute approximate surface area is 99.2 Å².